The number of rotatable bonds is 5. The van der Waals surface area contributed by atoms with E-state index < -0.39 is 0 Å². The summed E-state index contributed by atoms with van der Waals surface area (Å²) in [4.78, 5) is 32.1. The average Bonchev–Trinajstić information content (AvgIpc) is 3.07. The van der Waals surface area contributed by atoms with E-state index in [0.29, 0.717) is 13.0 Å². The number of nitrogens with one attached hydrogen (secondary N) is 1. The van der Waals surface area contributed by atoms with Gasteiger partial charge in [0.05, 0.1) is 4.88 Å². The smallest absolute Gasteiger partial charge is 0.261 e. The fourth-order valence-corrected chi connectivity index (χ4v) is 4.55. The zero-order valence-electron chi connectivity index (χ0n) is 14.4. The summed E-state index contributed by atoms with van der Waals surface area (Å²) >= 11 is 1.46. The van der Waals surface area contributed by atoms with Crippen molar-refractivity contribution in [3.8, 4) is 0 Å². The second-order valence-corrected chi connectivity index (χ2v) is 7.41. The molecule has 0 unspecified atom stereocenters. The molecular weight excluding hydrogens is 322 g/mol. The van der Waals surface area contributed by atoms with E-state index in [-0.39, 0.29) is 11.8 Å². The van der Waals surface area contributed by atoms with Crippen LogP contribution in [0, 0.1) is 20.8 Å². The van der Waals surface area contributed by atoms with Gasteiger partial charge >= 0.3 is 0 Å². The van der Waals surface area contributed by atoms with Crippen LogP contribution >= 0.6 is 11.3 Å². The molecule has 128 valence electrons. The van der Waals surface area contributed by atoms with Gasteiger partial charge in [-0.3, -0.25) is 9.59 Å². The average molecular weight is 345 g/mol. The van der Waals surface area contributed by atoms with Crippen molar-refractivity contribution in [2.24, 2.45) is 0 Å². The molecule has 0 radical (unpaired) electrons. The van der Waals surface area contributed by atoms with Gasteiger partial charge in [-0.25, -0.2) is 4.98 Å². The van der Waals surface area contributed by atoms with E-state index in [9.17, 15) is 9.59 Å². The third-order valence-corrected chi connectivity index (χ3v) is 5.68. The molecule has 5 nitrogen and oxygen atoms in total. The van der Waals surface area contributed by atoms with E-state index >= 15 is 0 Å². The third-order valence-electron chi connectivity index (χ3n) is 4.49. The maximum atomic E-state index is 12.5. The van der Waals surface area contributed by atoms with E-state index in [2.05, 4.69) is 23.3 Å². The minimum Gasteiger partial charge on any atom is -0.351 e. The highest BCUT2D eigenvalue weighted by atomic mass is 32.1. The molecule has 0 bridgehead atoms. The molecule has 6 heteroatoms. The number of carbonyl (C=O) groups is 2. The summed E-state index contributed by atoms with van der Waals surface area (Å²) in [5, 5.41) is 4.08. The van der Waals surface area contributed by atoms with Crippen LogP contribution in [-0.2, 0) is 4.79 Å². The Morgan fingerprint density at radius 1 is 1.38 bits per heavy atom. The molecule has 2 aromatic heterocycles. The largest absolute Gasteiger partial charge is 0.351 e. The molecule has 0 aliphatic carbocycles. The maximum absolute atomic E-state index is 12.5. The molecule has 1 saturated heterocycles. The van der Waals surface area contributed by atoms with Crippen LogP contribution in [0.2, 0.25) is 0 Å². The molecule has 3 heterocycles. The number of hydrogen-bond acceptors (Lipinski definition) is 4. The second-order valence-electron chi connectivity index (χ2n) is 6.41. The van der Waals surface area contributed by atoms with Gasteiger partial charge in [-0.15, -0.1) is 11.3 Å². The Morgan fingerprint density at radius 3 is 2.88 bits per heavy atom. The highest BCUT2D eigenvalue weighted by molar-refractivity contribution is 7.20. The van der Waals surface area contributed by atoms with Crippen LogP contribution in [0.15, 0.2) is 6.07 Å². The Kier molecular flexibility index (Phi) is 4.85. The summed E-state index contributed by atoms with van der Waals surface area (Å²) in [7, 11) is 0. The highest BCUT2D eigenvalue weighted by Gasteiger charge is 2.20. The number of carbonyl (C=O) groups excluding carboxylic acids is 2. The number of likely N-dealkylation sites (tertiary alicyclic amines) is 1. The predicted molar refractivity (Wildman–Crippen MR) is 96.6 cm³/mol. The Bertz CT molecular complexity index is 797. The molecule has 3 rings (SSSR count). The normalized spacial score (nSPS) is 14.6. The minimum absolute atomic E-state index is 0.0414. The van der Waals surface area contributed by atoms with Crippen LogP contribution in [0.4, 0.5) is 0 Å². The molecule has 1 aliphatic heterocycles. The van der Waals surface area contributed by atoms with Gasteiger partial charge < -0.3 is 10.2 Å². The molecule has 0 aromatic carbocycles. The van der Waals surface area contributed by atoms with Crippen molar-refractivity contribution in [3.63, 3.8) is 0 Å². The third kappa shape index (κ3) is 3.29. The van der Waals surface area contributed by atoms with Crippen LogP contribution in [0.3, 0.4) is 0 Å². The molecule has 0 atom stereocenters. The van der Waals surface area contributed by atoms with Gasteiger partial charge in [0.2, 0.25) is 5.91 Å². The molecular formula is C18H23N3O2S. The molecule has 1 aliphatic rings. The SMILES string of the molecule is Cc1cc(C)c2c(C)c(C(=O)NCCCN3CCCC3=O)sc2n1. The topological polar surface area (TPSA) is 62.3 Å². The Labute approximate surface area is 146 Å². The van der Waals surface area contributed by atoms with Crippen molar-refractivity contribution in [2.75, 3.05) is 19.6 Å². The first-order chi connectivity index (χ1) is 11.5. The van der Waals surface area contributed by atoms with Gasteiger partial charge in [0, 0.05) is 37.1 Å². The molecule has 2 aromatic rings. The lowest BCUT2D eigenvalue weighted by Crippen LogP contribution is -2.30. The van der Waals surface area contributed by atoms with E-state index in [1.54, 1.807) is 0 Å². The lowest BCUT2D eigenvalue weighted by atomic mass is 10.1. The Balaban J connectivity index is 1.63. The number of aromatic nitrogens is 1. The second kappa shape index (κ2) is 6.89. The van der Waals surface area contributed by atoms with Crippen molar-refractivity contribution in [1.29, 1.82) is 0 Å². The minimum atomic E-state index is -0.0414. The van der Waals surface area contributed by atoms with Gasteiger partial charge in [-0.05, 0) is 50.8 Å². The first-order valence-electron chi connectivity index (χ1n) is 8.40. The van der Waals surface area contributed by atoms with E-state index in [4.69, 9.17) is 0 Å². The maximum Gasteiger partial charge on any atom is 0.261 e. The number of amides is 2. The van der Waals surface area contributed by atoms with Crippen LogP contribution in [0.25, 0.3) is 10.2 Å². The van der Waals surface area contributed by atoms with Gasteiger partial charge in [-0.1, -0.05) is 0 Å². The van der Waals surface area contributed by atoms with Crippen molar-refractivity contribution < 1.29 is 9.59 Å². The zero-order chi connectivity index (χ0) is 17.3. The Morgan fingerprint density at radius 2 is 2.17 bits per heavy atom. The summed E-state index contributed by atoms with van der Waals surface area (Å²) in [5.41, 5.74) is 3.15. The predicted octanol–water partition coefficient (Wildman–Crippen LogP) is 2.96. The Hall–Kier alpha value is -1.95. The van der Waals surface area contributed by atoms with E-state index in [0.717, 1.165) is 57.8 Å². The van der Waals surface area contributed by atoms with Crippen LogP contribution in [0.1, 0.15) is 45.8 Å². The molecule has 0 saturated carbocycles. The van der Waals surface area contributed by atoms with Crippen molar-refractivity contribution in [1.82, 2.24) is 15.2 Å². The van der Waals surface area contributed by atoms with Crippen LogP contribution < -0.4 is 5.32 Å². The fraction of sp³-hybridized carbons (Fsp3) is 0.500. The number of pyridine rings is 1. The number of hydrogen-bond donors (Lipinski definition) is 1. The molecule has 24 heavy (non-hydrogen) atoms. The molecule has 1 N–H and O–H groups in total. The monoisotopic (exact) mass is 345 g/mol. The first kappa shape index (κ1) is 16.9. The first-order valence-corrected chi connectivity index (χ1v) is 9.22. The lowest BCUT2D eigenvalue weighted by molar-refractivity contribution is -0.127. The zero-order valence-corrected chi connectivity index (χ0v) is 15.3. The molecule has 0 spiro atoms. The van der Waals surface area contributed by atoms with E-state index in [1.807, 2.05) is 18.7 Å². The summed E-state index contributed by atoms with van der Waals surface area (Å²) in [6.07, 6.45) is 2.41. The summed E-state index contributed by atoms with van der Waals surface area (Å²) in [5.74, 6) is 0.193. The molecule has 2 amide bonds. The van der Waals surface area contributed by atoms with Gasteiger partial charge in [0.1, 0.15) is 4.83 Å². The van der Waals surface area contributed by atoms with Crippen molar-refractivity contribution in [2.45, 2.75) is 40.0 Å². The fourth-order valence-electron chi connectivity index (χ4n) is 3.33. The van der Waals surface area contributed by atoms with Gasteiger partial charge in [0.15, 0.2) is 0 Å². The number of fused-ring (bicyclic) bond motifs is 1. The van der Waals surface area contributed by atoms with Crippen molar-refractivity contribution in [3.05, 3.63) is 27.8 Å². The lowest BCUT2D eigenvalue weighted by Gasteiger charge is -2.15. The van der Waals surface area contributed by atoms with Crippen LogP contribution in [-0.4, -0.2) is 41.3 Å². The summed E-state index contributed by atoms with van der Waals surface area (Å²) < 4.78 is 0. The summed E-state index contributed by atoms with van der Waals surface area (Å²) in [6, 6.07) is 2.05. The van der Waals surface area contributed by atoms with Crippen molar-refractivity contribution >= 4 is 33.4 Å². The molecule has 1 fully saturated rings. The number of aryl methyl sites for hydroxylation is 3. The van der Waals surface area contributed by atoms with E-state index in [1.165, 1.54) is 11.3 Å². The van der Waals surface area contributed by atoms with Gasteiger partial charge in [-0.2, -0.15) is 0 Å². The summed E-state index contributed by atoms with van der Waals surface area (Å²) in [6.45, 7) is 8.19. The number of nitrogens with zero attached hydrogens (tertiary/aromatic N) is 2. The van der Waals surface area contributed by atoms with Gasteiger partial charge in [0.25, 0.3) is 5.91 Å². The highest BCUT2D eigenvalue weighted by Crippen LogP contribution is 2.32. The standard InChI is InChI=1S/C18H23N3O2S/c1-11-10-12(2)20-18-15(11)13(3)16(24-18)17(23)19-7-5-9-21-8-4-6-14(21)22/h10H,4-9H2,1-3H3,(H,19,23). The van der Waals surface area contributed by atoms with Crippen LogP contribution in [0.5, 0.6) is 0 Å². The number of thiophene rings is 1. The quantitative estimate of drug-likeness (QED) is 0.848.